The molecule has 0 saturated carbocycles. The normalized spacial score (nSPS) is 8.90. The third kappa shape index (κ3) is 9.47. The van der Waals surface area contributed by atoms with E-state index in [-0.39, 0.29) is 11.8 Å². The van der Waals surface area contributed by atoms with Gasteiger partial charge < -0.3 is 5.32 Å². The summed E-state index contributed by atoms with van der Waals surface area (Å²) in [5.74, 6) is 8.27. The molecule has 0 fully saturated rings. The third-order valence-corrected chi connectivity index (χ3v) is 2.87. The molecule has 0 bridgehead atoms. The zero-order chi connectivity index (χ0) is 15.5. The Kier molecular flexibility index (Phi) is 9.59. The predicted octanol–water partition coefficient (Wildman–Crippen LogP) is 4.16. The van der Waals surface area contributed by atoms with Gasteiger partial charge in [-0.05, 0) is 40.6 Å². The van der Waals surface area contributed by atoms with Crippen LogP contribution in [-0.2, 0) is 4.79 Å². The minimum absolute atomic E-state index is 0.214. The Bertz CT molecular complexity index is 530. The minimum Gasteiger partial charge on any atom is -0.314 e. The van der Waals surface area contributed by atoms with Gasteiger partial charge in [0.1, 0.15) is 0 Å². The van der Waals surface area contributed by atoms with Gasteiger partial charge in [0, 0.05) is 15.4 Å². The van der Waals surface area contributed by atoms with Crippen molar-refractivity contribution in [2.24, 2.45) is 11.8 Å². The van der Waals surface area contributed by atoms with Gasteiger partial charge in [0.05, 0.1) is 5.69 Å². The van der Waals surface area contributed by atoms with Gasteiger partial charge in [0.25, 0.3) is 5.91 Å². The number of para-hydroxylation sites is 1. The number of anilines is 1. The fraction of sp³-hybridized carbons (Fsp3) is 0.353. The number of hydrogen-bond donors (Lipinski definition) is 1. The van der Waals surface area contributed by atoms with E-state index >= 15 is 0 Å². The fourth-order valence-electron chi connectivity index (χ4n) is 0.926. The van der Waals surface area contributed by atoms with Crippen LogP contribution in [0.4, 0.5) is 5.69 Å². The summed E-state index contributed by atoms with van der Waals surface area (Å²) in [5.41, 5.74) is 0.807. The molecular formula is C17H20INO. The molecule has 0 aliphatic carbocycles. The van der Waals surface area contributed by atoms with Gasteiger partial charge in [-0.1, -0.05) is 45.7 Å². The highest BCUT2D eigenvalue weighted by Crippen LogP contribution is 2.16. The Morgan fingerprint density at radius 2 is 1.75 bits per heavy atom. The number of carbonyl (C=O) groups is 1. The summed E-state index contributed by atoms with van der Waals surface area (Å²) in [4.78, 5) is 11.4. The lowest BCUT2D eigenvalue weighted by Crippen LogP contribution is -2.09. The highest BCUT2D eigenvalue weighted by molar-refractivity contribution is 14.1. The number of nitrogens with one attached hydrogen (secondary N) is 1. The molecule has 3 heteroatoms. The standard InChI is InChI=1S/C12H12INO.C5H8/c1-9(2)7-8-12(15)14-11-6-4-3-5-10(11)13;1-4-5(2)3/h3-6,9H,1-2H3,(H,14,15);1,5H,2-3H3. The van der Waals surface area contributed by atoms with E-state index in [0.717, 1.165) is 9.26 Å². The van der Waals surface area contributed by atoms with E-state index in [0.29, 0.717) is 5.92 Å². The molecule has 0 aliphatic heterocycles. The van der Waals surface area contributed by atoms with Crippen LogP contribution in [-0.4, -0.2) is 5.91 Å². The summed E-state index contributed by atoms with van der Waals surface area (Å²) in [7, 11) is 0. The first kappa shape index (κ1) is 18.5. The number of rotatable bonds is 1. The number of hydrogen-bond acceptors (Lipinski definition) is 1. The zero-order valence-electron chi connectivity index (χ0n) is 12.3. The Balaban J connectivity index is 0.000000621. The van der Waals surface area contributed by atoms with E-state index in [1.165, 1.54) is 0 Å². The third-order valence-electron chi connectivity index (χ3n) is 1.93. The van der Waals surface area contributed by atoms with Crippen molar-refractivity contribution >= 4 is 34.2 Å². The second-order valence-corrected chi connectivity index (χ2v) is 5.84. The van der Waals surface area contributed by atoms with Crippen LogP contribution in [0.15, 0.2) is 24.3 Å². The van der Waals surface area contributed by atoms with Gasteiger partial charge in [-0.15, -0.1) is 12.3 Å². The largest absolute Gasteiger partial charge is 0.314 e. The maximum atomic E-state index is 11.4. The van der Waals surface area contributed by atoms with E-state index < -0.39 is 0 Å². The van der Waals surface area contributed by atoms with Crippen molar-refractivity contribution in [3.8, 4) is 24.2 Å². The molecule has 0 radical (unpaired) electrons. The quantitative estimate of drug-likeness (QED) is 0.574. The maximum absolute atomic E-state index is 11.4. The van der Waals surface area contributed by atoms with Crippen molar-refractivity contribution in [2.45, 2.75) is 27.7 Å². The average Bonchev–Trinajstić information content (AvgIpc) is 2.40. The summed E-state index contributed by atoms with van der Waals surface area (Å²) < 4.78 is 1.01. The van der Waals surface area contributed by atoms with E-state index in [1.54, 1.807) is 0 Å². The first-order valence-corrected chi connectivity index (χ1v) is 7.47. The van der Waals surface area contributed by atoms with Gasteiger partial charge >= 0.3 is 0 Å². The molecule has 0 heterocycles. The molecule has 0 aromatic heterocycles. The average molecular weight is 381 g/mol. The van der Waals surface area contributed by atoms with Crippen molar-refractivity contribution < 1.29 is 4.79 Å². The molecule has 1 N–H and O–H groups in total. The molecule has 1 amide bonds. The summed E-state index contributed by atoms with van der Waals surface area (Å²) in [5, 5.41) is 2.75. The number of amides is 1. The first-order chi connectivity index (χ1) is 9.36. The van der Waals surface area contributed by atoms with Gasteiger partial charge in [0.2, 0.25) is 0 Å². The first-order valence-electron chi connectivity index (χ1n) is 6.40. The Hall–Kier alpha value is -1.46. The van der Waals surface area contributed by atoms with Crippen LogP contribution in [0, 0.1) is 39.6 Å². The molecule has 0 saturated heterocycles. The van der Waals surface area contributed by atoms with E-state index in [1.807, 2.05) is 52.0 Å². The van der Waals surface area contributed by atoms with Crippen LogP contribution in [0.25, 0.3) is 0 Å². The fourth-order valence-corrected chi connectivity index (χ4v) is 1.45. The highest BCUT2D eigenvalue weighted by atomic mass is 127. The zero-order valence-corrected chi connectivity index (χ0v) is 14.5. The lowest BCUT2D eigenvalue weighted by molar-refractivity contribution is -0.111. The molecular weight excluding hydrogens is 361 g/mol. The predicted molar refractivity (Wildman–Crippen MR) is 94.1 cm³/mol. The monoisotopic (exact) mass is 381 g/mol. The van der Waals surface area contributed by atoms with Crippen molar-refractivity contribution in [3.63, 3.8) is 0 Å². The molecule has 0 unspecified atom stereocenters. The van der Waals surface area contributed by atoms with Crippen LogP contribution in [0.5, 0.6) is 0 Å². The van der Waals surface area contributed by atoms with Crippen molar-refractivity contribution in [1.82, 2.24) is 0 Å². The van der Waals surface area contributed by atoms with Crippen LogP contribution in [0.3, 0.4) is 0 Å². The SMILES string of the molecule is C#CC(C)C.CC(C)C#CC(=O)Nc1ccccc1I. The summed E-state index contributed by atoms with van der Waals surface area (Å²) in [6.07, 6.45) is 4.92. The van der Waals surface area contributed by atoms with Crippen molar-refractivity contribution in [3.05, 3.63) is 27.8 Å². The van der Waals surface area contributed by atoms with E-state index in [2.05, 4.69) is 45.7 Å². The number of carbonyl (C=O) groups excluding carboxylic acids is 1. The Morgan fingerprint density at radius 3 is 2.20 bits per heavy atom. The van der Waals surface area contributed by atoms with Crippen LogP contribution in [0.2, 0.25) is 0 Å². The summed E-state index contributed by atoms with van der Waals surface area (Å²) >= 11 is 2.17. The molecule has 1 rings (SSSR count). The Morgan fingerprint density at radius 1 is 1.20 bits per heavy atom. The topological polar surface area (TPSA) is 29.1 Å². The number of halogens is 1. The van der Waals surface area contributed by atoms with Crippen LogP contribution < -0.4 is 5.32 Å². The van der Waals surface area contributed by atoms with E-state index in [4.69, 9.17) is 6.42 Å². The second kappa shape index (κ2) is 10.3. The number of terminal acetylenes is 1. The molecule has 2 nitrogen and oxygen atoms in total. The lowest BCUT2D eigenvalue weighted by Gasteiger charge is -2.02. The van der Waals surface area contributed by atoms with Crippen LogP contribution in [0.1, 0.15) is 27.7 Å². The maximum Gasteiger partial charge on any atom is 0.300 e. The molecule has 0 spiro atoms. The molecule has 0 atom stereocenters. The summed E-state index contributed by atoms with van der Waals surface area (Å²) in [6, 6.07) is 7.60. The second-order valence-electron chi connectivity index (χ2n) is 4.68. The molecule has 106 valence electrons. The smallest absolute Gasteiger partial charge is 0.300 e. The molecule has 0 aliphatic rings. The molecule has 1 aromatic carbocycles. The van der Waals surface area contributed by atoms with Gasteiger partial charge in [-0.25, -0.2) is 0 Å². The Labute approximate surface area is 135 Å². The van der Waals surface area contributed by atoms with Gasteiger partial charge in [-0.3, -0.25) is 4.79 Å². The van der Waals surface area contributed by atoms with Crippen LogP contribution >= 0.6 is 22.6 Å². The summed E-state index contributed by atoms with van der Waals surface area (Å²) in [6.45, 7) is 7.87. The van der Waals surface area contributed by atoms with Gasteiger partial charge in [-0.2, -0.15) is 0 Å². The molecule has 1 aromatic rings. The lowest BCUT2D eigenvalue weighted by atomic mass is 10.2. The van der Waals surface area contributed by atoms with Gasteiger partial charge in [0.15, 0.2) is 0 Å². The van der Waals surface area contributed by atoms with Crippen molar-refractivity contribution in [1.29, 1.82) is 0 Å². The number of benzene rings is 1. The van der Waals surface area contributed by atoms with Crippen molar-refractivity contribution in [2.75, 3.05) is 5.32 Å². The molecule has 20 heavy (non-hydrogen) atoms. The highest BCUT2D eigenvalue weighted by Gasteiger charge is 2.00. The van der Waals surface area contributed by atoms with E-state index in [9.17, 15) is 4.79 Å². The minimum atomic E-state index is -0.257.